The number of hydrogen-bond donors (Lipinski definition) is 4. The van der Waals surface area contributed by atoms with Gasteiger partial charge in [0.05, 0.1) is 31.3 Å². The van der Waals surface area contributed by atoms with Gasteiger partial charge in [0.15, 0.2) is 0 Å². The third-order valence-electron chi connectivity index (χ3n) is 4.74. The minimum Gasteiger partial charge on any atom is -0.423 e. The summed E-state index contributed by atoms with van der Waals surface area (Å²) in [4.78, 5) is 11.6. The quantitative estimate of drug-likeness (QED) is 0.301. The first-order chi connectivity index (χ1) is 13.1. The van der Waals surface area contributed by atoms with Gasteiger partial charge < -0.3 is 24.3 Å². The second-order valence-corrected chi connectivity index (χ2v) is 6.53. The smallest absolute Gasteiger partial charge is 0.336 e. The molecule has 140 valence electrons. The van der Waals surface area contributed by atoms with Crippen LogP contribution in [-0.2, 0) is 6.54 Å². The molecule has 0 spiro atoms. The normalized spacial score (nSPS) is 13.2. The van der Waals surface area contributed by atoms with Crippen molar-refractivity contribution in [2.75, 3.05) is 13.2 Å². The van der Waals surface area contributed by atoms with Crippen molar-refractivity contribution in [3.63, 3.8) is 0 Å². The number of benzene rings is 2. The number of aromatic nitrogens is 1. The highest BCUT2D eigenvalue weighted by Gasteiger charge is 2.17. The Hall–Kier alpha value is -2.71. The third kappa shape index (κ3) is 3.22. The third-order valence-corrected chi connectivity index (χ3v) is 4.74. The monoisotopic (exact) mass is 368 g/mol. The Kier molecular flexibility index (Phi) is 4.67. The summed E-state index contributed by atoms with van der Waals surface area (Å²) >= 11 is 0. The molecule has 27 heavy (non-hydrogen) atoms. The molecule has 2 aromatic carbocycles. The van der Waals surface area contributed by atoms with Crippen molar-refractivity contribution in [3.05, 3.63) is 59.0 Å². The number of fused-ring (bicyclic) bond motifs is 4. The molecule has 0 aliphatic carbocycles. The fraction of sp³-hybridized carbons (Fsp3) is 0.250. The molecule has 2 aromatic heterocycles. The SMILES string of the molecule is O=c1ccc2cc3c4ccccc4n(CC(O)NC(CO)CO)c3cc2o1. The maximum Gasteiger partial charge on any atom is 0.336 e. The van der Waals surface area contributed by atoms with Crippen LogP contribution < -0.4 is 10.9 Å². The topological polar surface area (TPSA) is 108 Å². The van der Waals surface area contributed by atoms with Crippen LogP contribution in [0.2, 0.25) is 0 Å². The lowest BCUT2D eigenvalue weighted by Crippen LogP contribution is -2.44. The van der Waals surface area contributed by atoms with Gasteiger partial charge in [0.1, 0.15) is 11.8 Å². The van der Waals surface area contributed by atoms with Crippen LogP contribution in [0.1, 0.15) is 0 Å². The first kappa shape index (κ1) is 17.7. The number of hydrogen-bond acceptors (Lipinski definition) is 6. The first-order valence-corrected chi connectivity index (χ1v) is 8.71. The van der Waals surface area contributed by atoms with Gasteiger partial charge in [-0.3, -0.25) is 5.32 Å². The Morgan fingerprint density at radius 3 is 2.56 bits per heavy atom. The van der Waals surface area contributed by atoms with Crippen molar-refractivity contribution in [2.24, 2.45) is 0 Å². The van der Waals surface area contributed by atoms with E-state index in [1.54, 1.807) is 12.1 Å². The van der Waals surface area contributed by atoms with Crippen molar-refractivity contribution >= 4 is 32.8 Å². The number of nitrogens with zero attached hydrogens (tertiary/aromatic N) is 1. The van der Waals surface area contributed by atoms with Crippen LogP contribution in [0.5, 0.6) is 0 Å². The van der Waals surface area contributed by atoms with Crippen LogP contribution in [0, 0.1) is 0 Å². The lowest BCUT2D eigenvalue weighted by Gasteiger charge is -2.20. The van der Waals surface area contributed by atoms with Crippen LogP contribution in [-0.4, -0.2) is 45.4 Å². The van der Waals surface area contributed by atoms with Gasteiger partial charge in [-0.05, 0) is 18.2 Å². The van der Waals surface area contributed by atoms with Crippen molar-refractivity contribution in [1.29, 1.82) is 0 Å². The summed E-state index contributed by atoms with van der Waals surface area (Å²) < 4.78 is 7.24. The van der Waals surface area contributed by atoms with Gasteiger partial charge in [0.25, 0.3) is 0 Å². The Balaban J connectivity index is 1.87. The van der Waals surface area contributed by atoms with Crippen molar-refractivity contribution < 1.29 is 19.7 Å². The van der Waals surface area contributed by atoms with Crippen LogP contribution in [0.15, 0.2) is 57.7 Å². The fourth-order valence-corrected chi connectivity index (χ4v) is 3.47. The molecule has 0 bridgehead atoms. The van der Waals surface area contributed by atoms with E-state index in [-0.39, 0.29) is 19.8 Å². The Labute approximate surface area is 154 Å². The predicted molar refractivity (Wildman–Crippen MR) is 103 cm³/mol. The number of nitrogens with one attached hydrogen (secondary N) is 1. The molecule has 7 nitrogen and oxygen atoms in total. The fourth-order valence-electron chi connectivity index (χ4n) is 3.47. The average Bonchev–Trinajstić information content (AvgIpc) is 2.97. The van der Waals surface area contributed by atoms with E-state index in [9.17, 15) is 20.1 Å². The molecule has 0 amide bonds. The summed E-state index contributed by atoms with van der Waals surface area (Å²) in [6, 6.07) is 14.1. The highest BCUT2D eigenvalue weighted by molar-refractivity contribution is 6.11. The van der Waals surface area contributed by atoms with E-state index >= 15 is 0 Å². The van der Waals surface area contributed by atoms with Gasteiger partial charge in [-0.2, -0.15) is 0 Å². The second kappa shape index (κ2) is 7.13. The van der Waals surface area contributed by atoms with Crippen LogP contribution in [0.25, 0.3) is 32.8 Å². The summed E-state index contributed by atoms with van der Waals surface area (Å²) in [5.41, 5.74) is 1.81. The maximum absolute atomic E-state index is 11.6. The molecular formula is C20H20N2O5. The van der Waals surface area contributed by atoms with Crippen LogP contribution in [0.3, 0.4) is 0 Å². The van der Waals surface area contributed by atoms with Gasteiger partial charge in [-0.15, -0.1) is 0 Å². The molecule has 0 radical (unpaired) electrons. The number of aliphatic hydroxyl groups is 3. The molecule has 0 aliphatic heterocycles. The summed E-state index contributed by atoms with van der Waals surface area (Å²) in [6.07, 6.45) is -0.980. The summed E-state index contributed by atoms with van der Waals surface area (Å²) in [6.45, 7) is -0.365. The molecule has 0 saturated carbocycles. The van der Waals surface area contributed by atoms with Crippen molar-refractivity contribution in [2.45, 2.75) is 18.8 Å². The number of aliphatic hydroxyl groups excluding tert-OH is 3. The Bertz CT molecular complexity index is 1160. The van der Waals surface area contributed by atoms with Crippen molar-refractivity contribution in [3.8, 4) is 0 Å². The van der Waals surface area contributed by atoms with Gasteiger partial charge in [-0.1, -0.05) is 18.2 Å². The first-order valence-electron chi connectivity index (χ1n) is 8.71. The Morgan fingerprint density at radius 1 is 1.00 bits per heavy atom. The minimum absolute atomic E-state index is 0.198. The van der Waals surface area contributed by atoms with E-state index in [1.165, 1.54) is 6.07 Å². The minimum atomic E-state index is -0.980. The van der Waals surface area contributed by atoms with E-state index in [4.69, 9.17) is 4.42 Å². The molecule has 0 aliphatic rings. The van der Waals surface area contributed by atoms with Gasteiger partial charge >= 0.3 is 5.63 Å². The summed E-state index contributed by atoms with van der Waals surface area (Å²) in [5.74, 6) is 0. The average molecular weight is 368 g/mol. The summed E-state index contributed by atoms with van der Waals surface area (Å²) in [5, 5.41) is 34.4. The van der Waals surface area contributed by atoms with Gasteiger partial charge in [-0.25, -0.2) is 4.79 Å². The van der Waals surface area contributed by atoms with Gasteiger partial charge in [0, 0.05) is 33.8 Å². The summed E-state index contributed by atoms with van der Waals surface area (Å²) in [7, 11) is 0. The zero-order valence-electron chi connectivity index (χ0n) is 14.5. The lowest BCUT2D eigenvalue weighted by molar-refractivity contribution is 0.0713. The largest absolute Gasteiger partial charge is 0.423 e. The molecule has 1 atom stereocenters. The Morgan fingerprint density at radius 2 is 1.78 bits per heavy atom. The lowest BCUT2D eigenvalue weighted by atomic mass is 10.1. The van der Waals surface area contributed by atoms with Gasteiger partial charge in [0.2, 0.25) is 0 Å². The zero-order valence-corrected chi connectivity index (χ0v) is 14.5. The predicted octanol–water partition coefficient (Wildman–Crippen LogP) is 1.16. The van der Waals surface area contributed by atoms with E-state index < -0.39 is 17.9 Å². The highest BCUT2D eigenvalue weighted by Crippen LogP contribution is 2.32. The van der Waals surface area contributed by atoms with E-state index in [0.717, 1.165) is 27.2 Å². The molecule has 4 aromatic rings. The van der Waals surface area contributed by atoms with Crippen LogP contribution >= 0.6 is 0 Å². The second-order valence-electron chi connectivity index (χ2n) is 6.53. The number of rotatable bonds is 6. The molecule has 4 N–H and O–H groups in total. The number of para-hydroxylation sites is 1. The molecule has 4 rings (SSSR count). The van der Waals surface area contributed by atoms with E-state index in [2.05, 4.69) is 5.32 Å². The molecule has 2 heterocycles. The highest BCUT2D eigenvalue weighted by atomic mass is 16.4. The van der Waals surface area contributed by atoms with Crippen LogP contribution in [0.4, 0.5) is 0 Å². The molecule has 1 unspecified atom stereocenters. The molecule has 7 heteroatoms. The standard InChI is InChI=1S/C20H20N2O5/c23-10-13(11-24)21-19(25)9-22-16-4-2-1-3-14(16)15-7-12-5-6-20(26)27-18(12)8-17(15)22/h1-8,13,19,21,23-25H,9-11H2. The molecular weight excluding hydrogens is 348 g/mol. The molecule has 0 saturated heterocycles. The van der Waals surface area contributed by atoms with Crippen molar-refractivity contribution in [1.82, 2.24) is 9.88 Å². The zero-order chi connectivity index (χ0) is 19.0. The maximum atomic E-state index is 11.6. The van der Waals surface area contributed by atoms with E-state index in [1.807, 2.05) is 34.9 Å². The van der Waals surface area contributed by atoms with E-state index in [0.29, 0.717) is 5.58 Å². The molecule has 0 fully saturated rings.